The minimum atomic E-state index is -0.614. The highest BCUT2D eigenvalue weighted by atomic mass is 16.5. The van der Waals surface area contributed by atoms with Gasteiger partial charge < -0.3 is 19.3 Å². The molecule has 0 bridgehead atoms. The zero-order valence-corrected chi connectivity index (χ0v) is 18.0. The molecule has 9 heteroatoms. The van der Waals surface area contributed by atoms with Gasteiger partial charge in [0.15, 0.2) is 12.3 Å². The van der Waals surface area contributed by atoms with Crippen LogP contribution in [0.3, 0.4) is 0 Å². The van der Waals surface area contributed by atoms with Crippen molar-refractivity contribution in [2.45, 2.75) is 20.5 Å². The standard InChI is InChI=1S/C24H21N3O6/c1-15-8-9-17(11-20(15)26-22(28)14-31-19-6-4-3-5-7-19)24(30)32-13-18-12-23(29)27-21(25-18)10-16(2)33-27/h3-12H,13-14H2,1-2H3,(H,26,28). The van der Waals surface area contributed by atoms with E-state index in [1.807, 2.05) is 25.1 Å². The third-order valence-electron chi connectivity index (χ3n) is 4.74. The summed E-state index contributed by atoms with van der Waals surface area (Å²) in [5, 5.41) is 2.74. The molecule has 2 heterocycles. The maximum Gasteiger partial charge on any atom is 0.338 e. The van der Waals surface area contributed by atoms with Crippen molar-refractivity contribution in [1.82, 2.24) is 9.56 Å². The number of para-hydroxylation sites is 1. The summed E-state index contributed by atoms with van der Waals surface area (Å²) in [7, 11) is 0. The number of nitrogens with one attached hydrogen (secondary N) is 1. The molecule has 0 radical (unpaired) electrons. The SMILES string of the molecule is Cc1cc2nc(COC(=O)c3ccc(C)c(NC(=O)COc4ccccc4)c3)cc(=O)n2o1. The highest BCUT2D eigenvalue weighted by Gasteiger charge is 2.14. The lowest BCUT2D eigenvalue weighted by molar-refractivity contribution is -0.118. The number of ether oxygens (including phenoxy) is 2. The van der Waals surface area contributed by atoms with Crippen molar-refractivity contribution >= 4 is 23.2 Å². The molecule has 1 amide bonds. The van der Waals surface area contributed by atoms with E-state index in [4.69, 9.17) is 14.0 Å². The molecule has 0 aliphatic carbocycles. The molecule has 2 aromatic heterocycles. The Morgan fingerprint density at radius 3 is 2.64 bits per heavy atom. The fraction of sp³-hybridized carbons (Fsp3) is 0.167. The van der Waals surface area contributed by atoms with Crippen LogP contribution in [0.1, 0.15) is 27.4 Å². The Morgan fingerprint density at radius 2 is 1.85 bits per heavy atom. The Morgan fingerprint density at radius 1 is 1.06 bits per heavy atom. The number of rotatable bonds is 7. The fourth-order valence-corrected chi connectivity index (χ4v) is 3.11. The van der Waals surface area contributed by atoms with Gasteiger partial charge in [-0.3, -0.25) is 9.59 Å². The number of hydrogen-bond donors (Lipinski definition) is 1. The van der Waals surface area contributed by atoms with Crippen molar-refractivity contribution in [3.8, 4) is 5.75 Å². The van der Waals surface area contributed by atoms with E-state index in [0.717, 1.165) is 10.1 Å². The number of aromatic nitrogens is 2. The molecule has 0 saturated carbocycles. The number of anilines is 1. The van der Waals surface area contributed by atoms with Gasteiger partial charge in [-0.25, -0.2) is 9.78 Å². The van der Waals surface area contributed by atoms with Crippen LogP contribution in [-0.4, -0.2) is 28.0 Å². The number of hydrogen-bond acceptors (Lipinski definition) is 7. The molecule has 4 rings (SSSR count). The van der Waals surface area contributed by atoms with E-state index in [1.54, 1.807) is 37.3 Å². The van der Waals surface area contributed by atoms with Crippen LogP contribution in [0.5, 0.6) is 5.75 Å². The third kappa shape index (κ3) is 5.27. The largest absolute Gasteiger partial charge is 0.484 e. The third-order valence-corrected chi connectivity index (χ3v) is 4.74. The van der Waals surface area contributed by atoms with Gasteiger partial charge in [0.1, 0.15) is 18.1 Å². The summed E-state index contributed by atoms with van der Waals surface area (Å²) in [6.45, 7) is 3.15. The lowest BCUT2D eigenvalue weighted by Gasteiger charge is -2.11. The van der Waals surface area contributed by atoms with E-state index in [0.29, 0.717) is 28.5 Å². The normalized spacial score (nSPS) is 10.7. The lowest BCUT2D eigenvalue weighted by atomic mass is 10.1. The first-order valence-corrected chi connectivity index (χ1v) is 10.1. The fourth-order valence-electron chi connectivity index (χ4n) is 3.11. The van der Waals surface area contributed by atoms with Gasteiger partial charge in [-0.1, -0.05) is 24.3 Å². The number of aryl methyl sites for hydroxylation is 2. The molecule has 0 unspecified atom stereocenters. The summed E-state index contributed by atoms with van der Waals surface area (Å²) in [6.07, 6.45) is 0. The van der Waals surface area contributed by atoms with E-state index < -0.39 is 11.5 Å². The summed E-state index contributed by atoms with van der Waals surface area (Å²) in [6, 6.07) is 16.7. The molecule has 4 aromatic rings. The molecule has 33 heavy (non-hydrogen) atoms. The minimum absolute atomic E-state index is 0.171. The Bertz CT molecular complexity index is 1370. The first-order chi connectivity index (χ1) is 15.9. The lowest BCUT2D eigenvalue weighted by Crippen LogP contribution is -2.21. The molecule has 0 saturated heterocycles. The van der Waals surface area contributed by atoms with Gasteiger partial charge in [0.05, 0.1) is 11.3 Å². The van der Waals surface area contributed by atoms with Gasteiger partial charge in [0.25, 0.3) is 11.5 Å². The van der Waals surface area contributed by atoms with Crippen molar-refractivity contribution in [1.29, 1.82) is 0 Å². The van der Waals surface area contributed by atoms with Crippen LogP contribution < -0.4 is 15.6 Å². The number of fused-ring (bicyclic) bond motifs is 1. The number of nitrogens with zero attached hydrogens (tertiary/aromatic N) is 2. The van der Waals surface area contributed by atoms with Crippen LogP contribution in [0.4, 0.5) is 5.69 Å². The Balaban J connectivity index is 1.39. The molecule has 9 nitrogen and oxygen atoms in total. The number of benzene rings is 2. The van der Waals surface area contributed by atoms with Gasteiger partial charge in [0, 0.05) is 17.8 Å². The number of amides is 1. The molecule has 0 aliphatic rings. The van der Waals surface area contributed by atoms with Crippen LogP contribution >= 0.6 is 0 Å². The van der Waals surface area contributed by atoms with Gasteiger partial charge in [-0.2, -0.15) is 0 Å². The molecule has 0 aliphatic heterocycles. The molecule has 0 atom stereocenters. The van der Waals surface area contributed by atoms with Crippen molar-refractivity contribution in [3.63, 3.8) is 0 Å². The molecule has 0 spiro atoms. The topological polar surface area (TPSA) is 112 Å². The average Bonchev–Trinajstić information content (AvgIpc) is 3.19. The Kier molecular flexibility index (Phi) is 6.21. The maximum absolute atomic E-state index is 12.5. The van der Waals surface area contributed by atoms with E-state index in [-0.39, 0.29) is 24.7 Å². The smallest absolute Gasteiger partial charge is 0.338 e. The summed E-state index contributed by atoms with van der Waals surface area (Å²) in [5.41, 5.74) is 1.72. The predicted molar refractivity (Wildman–Crippen MR) is 119 cm³/mol. The maximum atomic E-state index is 12.5. The second-order valence-corrected chi connectivity index (χ2v) is 7.34. The predicted octanol–water partition coefficient (Wildman–Crippen LogP) is 3.28. The van der Waals surface area contributed by atoms with E-state index in [9.17, 15) is 14.4 Å². The molecular formula is C24H21N3O6. The Hall–Kier alpha value is -4.40. The van der Waals surface area contributed by atoms with E-state index >= 15 is 0 Å². The summed E-state index contributed by atoms with van der Waals surface area (Å²) < 4.78 is 17.1. The molecule has 2 aromatic carbocycles. The van der Waals surface area contributed by atoms with Crippen LogP contribution in [0.15, 0.2) is 70.0 Å². The zero-order chi connectivity index (χ0) is 23.4. The van der Waals surface area contributed by atoms with Gasteiger partial charge in [0.2, 0.25) is 0 Å². The minimum Gasteiger partial charge on any atom is -0.484 e. The monoisotopic (exact) mass is 447 g/mol. The molecular weight excluding hydrogens is 426 g/mol. The first-order valence-electron chi connectivity index (χ1n) is 10.1. The quantitative estimate of drug-likeness (QED) is 0.433. The second kappa shape index (κ2) is 9.39. The van der Waals surface area contributed by atoms with Crippen molar-refractivity contribution in [2.75, 3.05) is 11.9 Å². The molecule has 0 fully saturated rings. The zero-order valence-electron chi connectivity index (χ0n) is 18.0. The van der Waals surface area contributed by atoms with Crippen LogP contribution in [0.25, 0.3) is 5.65 Å². The molecule has 168 valence electrons. The number of carbonyl (C=O) groups is 2. The van der Waals surface area contributed by atoms with Crippen LogP contribution in [0.2, 0.25) is 0 Å². The van der Waals surface area contributed by atoms with Crippen LogP contribution in [0, 0.1) is 13.8 Å². The summed E-state index contributed by atoms with van der Waals surface area (Å²) in [4.78, 5) is 41.2. The molecule has 1 N–H and O–H groups in total. The first kappa shape index (κ1) is 21.8. The van der Waals surface area contributed by atoms with Crippen molar-refractivity contribution < 1.29 is 23.6 Å². The van der Waals surface area contributed by atoms with Crippen LogP contribution in [-0.2, 0) is 16.1 Å². The number of carbonyl (C=O) groups excluding carboxylic acids is 2. The second-order valence-electron chi connectivity index (χ2n) is 7.34. The van der Waals surface area contributed by atoms with Gasteiger partial charge >= 0.3 is 5.97 Å². The van der Waals surface area contributed by atoms with E-state index in [2.05, 4.69) is 10.3 Å². The van der Waals surface area contributed by atoms with Crippen molar-refractivity contribution in [3.05, 3.63) is 93.6 Å². The van der Waals surface area contributed by atoms with Crippen molar-refractivity contribution in [2.24, 2.45) is 0 Å². The average molecular weight is 447 g/mol. The highest BCUT2D eigenvalue weighted by molar-refractivity contribution is 5.96. The van der Waals surface area contributed by atoms with E-state index in [1.165, 1.54) is 12.1 Å². The van der Waals surface area contributed by atoms with Gasteiger partial charge in [-0.05, 0) is 43.7 Å². The Labute approximate surface area is 188 Å². The number of esters is 1. The summed E-state index contributed by atoms with van der Waals surface area (Å²) in [5.74, 6) is 0.146. The summed E-state index contributed by atoms with van der Waals surface area (Å²) >= 11 is 0. The highest BCUT2D eigenvalue weighted by Crippen LogP contribution is 2.18. The van der Waals surface area contributed by atoms with Gasteiger partial charge in [-0.15, -0.1) is 4.57 Å².